The molecule has 0 fully saturated rings. The van der Waals surface area contributed by atoms with E-state index in [0.29, 0.717) is 16.6 Å². The molecule has 0 aliphatic rings. The zero-order valence-electron chi connectivity index (χ0n) is 10.7. The highest BCUT2D eigenvalue weighted by molar-refractivity contribution is 7.98. The Kier molecular flexibility index (Phi) is 3.76. The molecule has 0 radical (unpaired) electrons. The standard InChI is InChI=1S/C15H11ClN2OS/c1-20-10-5-6-12(16)11(8-10)15-18-14(9-19-15)13-4-2-3-7-17-13/h2-9H,1H3. The van der Waals surface area contributed by atoms with Crippen LogP contribution < -0.4 is 0 Å². The second-order valence-electron chi connectivity index (χ2n) is 4.10. The Morgan fingerprint density at radius 3 is 2.80 bits per heavy atom. The molecule has 0 N–H and O–H groups in total. The Morgan fingerprint density at radius 1 is 1.15 bits per heavy atom. The highest BCUT2D eigenvalue weighted by atomic mass is 35.5. The van der Waals surface area contributed by atoms with Crippen LogP contribution in [0.5, 0.6) is 0 Å². The summed E-state index contributed by atoms with van der Waals surface area (Å²) in [5.74, 6) is 0.506. The molecule has 0 amide bonds. The van der Waals surface area contributed by atoms with E-state index in [2.05, 4.69) is 9.97 Å². The van der Waals surface area contributed by atoms with Crippen LogP contribution >= 0.6 is 23.4 Å². The number of benzene rings is 1. The maximum absolute atomic E-state index is 6.22. The van der Waals surface area contributed by atoms with Crippen LogP contribution in [0.25, 0.3) is 22.8 Å². The van der Waals surface area contributed by atoms with Crippen LogP contribution in [0, 0.1) is 0 Å². The van der Waals surface area contributed by atoms with E-state index in [4.69, 9.17) is 16.0 Å². The van der Waals surface area contributed by atoms with Crippen LogP contribution in [-0.2, 0) is 0 Å². The number of nitrogens with zero attached hydrogens (tertiary/aromatic N) is 2. The number of hydrogen-bond donors (Lipinski definition) is 0. The zero-order valence-corrected chi connectivity index (χ0v) is 12.3. The molecular formula is C15H11ClN2OS. The molecule has 1 aromatic carbocycles. The van der Waals surface area contributed by atoms with Crippen molar-refractivity contribution in [2.24, 2.45) is 0 Å². The lowest BCUT2D eigenvalue weighted by atomic mass is 10.2. The van der Waals surface area contributed by atoms with Gasteiger partial charge in [0.25, 0.3) is 0 Å². The predicted molar refractivity (Wildman–Crippen MR) is 82.0 cm³/mol. The van der Waals surface area contributed by atoms with Gasteiger partial charge >= 0.3 is 0 Å². The van der Waals surface area contributed by atoms with Gasteiger partial charge in [-0.05, 0) is 36.6 Å². The summed E-state index contributed by atoms with van der Waals surface area (Å²) < 4.78 is 5.54. The summed E-state index contributed by atoms with van der Waals surface area (Å²) in [6, 6.07) is 11.5. The lowest BCUT2D eigenvalue weighted by Crippen LogP contribution is -1.84. The number of hydrogen-bond acceptors (Lipinski definition) is 4. The maximum atomic E-state index is 6.22. The number of oxazole rings is 1. The monoisotopic (exact) mass is 302 g/mol. The molecule has 0 aliphatic heterocycles. The molecule has 3 rings (SSSR count). The molecular weight excluding hydrogens is 292 g/mol. The van der Waals surface area contributed by atoms with Crippen molar-refractivity contribution in [3.63, 3.8) is 0 Å². The lowest BCUT2D eigenvalue weighted by Gasteiger charge is -2.02. The molecule has 5 heteroatoms. The SMILES string of the molecule is CSc1ccc(Cl)c(-c2nc(-c3ccccn3)co2)c1. The van der Waals surface area contributed by atoms with E-state index < -0.39 is 0 Å². The van der Waals surface area contributed by atoms with Gasteiger partial charge in [0.1, 0.15) is 12.0 Å². The molecule has 2 aromatic heterocycles. The van der Waals surface area contributed by atoms with Crippen LogP contribution in [-0.4, -0.2) is 16.2 Å². The van der Waals surface area contributed by atoms with Crippen molar-refractivity contribution < 1.29 is 4.42 Å². The highest BCUT2D eigenvalue weighted by Gasteiger charge is 2.12. The lowest BCUT2D eigenvalue weighted by molar-refractivity contribution is 0.575. The van der Waals surface area contributed by atoms with Gasteiger partial charge in [0.2, 0.25) is 5.89 Å². The average Bonchev–Trinajstić information content (AvgIpc) is 2.98. The maximum Gasteiger partial charge on any atom is 0.228 e. The second kappa shape index (κ2) is 5.69. The van der Waals surface area contributed by atoms with E-state index in [1.165, 1.54) is 0 Å². The fourth-order valence-electron chi connectivity index (χ4n) is 1.82. The van der Waals surface area contributed by atoms with Crippen molar-refractivity contribution in [3.05, 3.63) is 53.9 Å². The number of pyridine rings is 1. The fraction of sp³-hybridized carbons (Fsp3) is 0.0667. The van der Waals surface area contributed by atoms with Crippen LogP contribution in [0.3, 0.4) is 0 Å². The largest absolute Gasteiger partial charge is 0.444 e. The fourth-order valence-corrected chi connectivity index (χ4v) is 2.46. The number of halogens is 1. The number of rotatable bonds is 3. The van der Waals surface area contributed by atoms with Crippen molar-refractivity contribution in [2.75, 3.05) is 6.26 Å². The molecule has 2 heterocycles. The number of thioether (sulfide) groups is 1. The molecule has 3 aromatic rings. The Balaban J connectivity index is 2.02. The Morgan fingerprint density at radius 2 is 2.05 bits per heavy atom. The van der Waals surface area contributed by atoms with Crippen molar-refractivity contribution in [1.82, 2.24) is 9.97 Å². The molecule has 0 aliphatic carbocycles. The molecule has 0 saturated carbocycles. The van der Waals surface area contributed by atoms with Gasteiger partial charge in [0.05, 0.1) is 16.3 Å². The summed E-state index contributed by atoms with van der Waals surface area (Å²) in [5, 5.41) is 0.622. The van der Waals surface area contributed by atoms with Crippen LogP contribution in [0.1, 0.15) is 0 Å². The number of aromatic nitrogens is 2. The smallest absolute Gasteiger partial charge is 0.228 e. The minimum Gasteiger partial charge on any atom is -0.444 e. The van der Waals surface area contributed by atoms with Crippen molar-refractivity contribution in [1.29, 1.82) is 0 Å². The molecule has 20 heavy (non-hydrogen) atoms. The van der Waals surface area contributed by atoms with Gasteiger partial charge in [0, 0.05) is 11.1 Å². The first kappa shape index (κ1) is 13.2. The third kappa shape index (κ3) is 2.57. The first-order valence-electron chi connectivity index (χ1n) is 5.99. The quantitative estimate of drug-likeness (QED) is 0.653. The van der Waals surface area contributed by atoms with Crippen LogP contribution in [0.2, 0.25) is 5.02 Å². The van der Waals surface area contributed by atoms with E-state index in [-0.39, 0.29) is 0 Å². The van der Waals surface area contributed by atoms with Gasteiger partial charge in [-0.3, -0.25) is 4.98 Å². The molecule has 0 saturated heterocycles. The van der Waals surface area contributed by atoms with Crippen molar-refractivity contribution >= 4 is 23.4 Å². The summed E-state index contributed by atoms with van der Waals surface area (Å²) in [7, 11) is 0. The zero-order chi connectivity index (χ0) is 13.9. The van der Waals surface area contributed by atoms with E-state index in [0.717, 1.165) is 16.2 Å². The van der Waals surface area contributed by atoms with Gasteiger partial charge < -0.3 is 4.42 Å². The molecule has 0 bridgehead atoms. The van der Waals surface area contributed by atoms with Crippen molar-refractivity contribution in [2.45, 2.75) is 4.90 Å². The van der Waals surface area contributed by atoms with Gasteiger partial charge in [-0.2, -0.15) is 0 Å². The van der Waals surface area contributed by atoms with Crippen LogP contribution in [0.4, 0.5) is 0 Å². The first-order chi connectivity index (χ1) is 9.78. The average molecular weight is 303 g/mol. The summed E-state index contributed by atoms with van der Waals surface area (Å²) >= 11 is 7.87. The predicted octanol–water partition coefficient (Wildman–Crippen LogP) is 4.78. The van der Waals surface area contributed by atoms with Gasteiger partial charge in [-0.15, -0.1) is 11.8 Å². The highest BCUT2D eigenvalue weighted by Crippen LogP contribution is 2.32. The molecule has 100 valence electrons. The summed E-state index contributed by atoms with van der Waals surface area (Å²) in [5.41, 5.74) is 2.27. The van der Waals surface area contributed by atoms with E-state index in [1.807, 2.05) is 42.7 Å². The molecule has 3 nitrogen and oxygen atoms in total. The van der Waals surface area contributed by atoms with E-state index in [9.17, 15) is 0 Å². The Bertz CT molecular complexity index is 728. The summed E-state index contributed by atoms with van der Waals surface area (Å²) in [4.78, 5) is 9.83. The van der Waals surface area contributed by atoms with E-state index >= 15 is 0 Å². The first-order valence-corrected chi connectivity index (χ1v) is 7.59. The molecule has 0 unspecified atom stereocenters. The Labute approximate surface area is 126 Å². The molecule has 0 atom stereocenters. The minimum atomic E-state index is 0.506. The van der Waals surface area contributed by atoms with Crippen LogP contribution in [0.15, 0.2) is 58.2 Å². The Hall–Kier alpha value is -1.78. The van der Waals surface area contributed by atoms with Gasteiger partial charge in [-0.25, -0.2) is 4.98 Å². The minimum absolute atomic E-state index is 0.506. The third-order valence-corrected chi connectivity index (χ3v) is 3.89. The van der Waals surface area contributed by atoms with Gasteiger partial charge in [0.15, 0.2) is 0 Å². The third-order valence-electron chi connectivity index (χ3n) is 2.84. The summed E-state index contributed by atoms with van der Waals surface area (Å²) in [6.07, 6.45) is 5.34. The topological polar surface area (TPSA) is 38.9 Å². The second-order valence-corrected chi connectivity index (χ2v) is 5.39. The van der Waals surface area contributed by atoms with Gasteiger partial charge in [-0.1, -0.05) is 17.7 Å². The molecule has 0 spiro atoms. The normalized spacial score (nSPS) is 10.7. The summed E-state index contributed by atoms with van der Waals surface area (Å²) in [6.45, 7) is 0. The van der Waals surface area contributed by atoms with E-state index in [1.54, 1.807) is 24.2 Å². The van der Waals surface area contributed by atoms with Crippen molar-refractivity contribution in [3.8, 4) is 22.8 Å².